The zero-order chi connectivity index (χ0) is 9.26. The smallest absolute Gasteiger partial charge is 0.250 e. The predicted octanol–water partition coefficient (Wildman–Crippen LogP) is 0.710. The van der Waals surface area contributed by atoms with Gasteiger partial charge in [0.1, 0.15) is 11.9 Å². The monoisotopic (exact) mass is 186 g/mol. The van der Waals surface area contributed by atoms with Crippen LogP contribution in [-0.2, 0) is 0 Å². The van der Waals surface area contributed by atoms with Crippen molar-refractivity contribution < 1.29 is 13.5 Å². The normalized spacial score (nSPS) is 16.8. The molecule has 0 spiro atoms. The van der Waals surface area contributed by atoms with Gasteiger partial charge >= 0.3 is 0 Å². The fourth-order valence-electron chi connectivity index (χ4n) is 0.992. The summed E-state index contributed by atoms with van der Waals surface area (Å²) in [7, 11) is 0. The maximum absolute atomic E-state index is 12.9. The molecule has 1 N–H and O–H groups in total. The summed E-state index contributed by atoms with van der Waals surface area (Å²) in [5.74, 6) is -1.59. The van der Waals surface area contributed by atoms with E-state index < -0.39 is 11.6 Å². The van der Waals surface area contributed by atoms with Crippen molar-refractivity contribution in [3.8, 4) is 5.88 Å². The van der Waals surface area contributed by atoms with E-state index in [-0.39, 0.29) is 12.0 Å². The molecule has 1 saturated heterocycles. The topological polar surface area (TPSA) is 34.1 Å². The number of nitrogens with one attached hydrogen (secondary N) is 1. The highest BCUT2D eigenvalue weighted by Gasteiger charge is 2.20. The fraction of sp³-hybridized carbons (Fsp3) is 0.375. The Morgan fingerprint density at radius 2 is 2.23 bits per heavy atom. The number of nitrogens with zero attached hydrogens (tertiary/aromatic N) is 1. The molecule has 1 aromatic heterocycles. The van der Waals surface area contributed by atoms with Crippen molar-refractivity contribution in [3.05, 3.63) is 23.9 Å². The number of halogens is 2. The van der Waals surface area contributed by atoms with Crippen molar-refractivity contribution in [2.45, 2.75) is 6.10 Å². The Hall–Kier alpha value is -1.23. The summed E-state index contributed by atoms with van der Waals surface area (Å²) in [6, 6.07) is 0.758. The molecule has 0 amide bonds. The van der Waals surface area contributed by atoms with Gasteiger partial charge in [-0.05, 0) is 0 Å². The van der Waals surface area contributed by atoms with Gasteiger partial charge in [0, 0.05) is 19.2 Å². The van der Waals surface area contributed by atoms with Crippen LogP contribution >= 0.6 is 0 Å². The highest BCUT2D eigenvalue weighted by molar-refractivity contribution is 5.14. The van der Waals surface area contributed by atoms with Gasteiger partial charge in [-0.1, -0.05) is 0 Å². The van der Waals surface area contributed by atoms with Gasteiger partial charge in [-0.3, -0.25) is 0 Å². The summed E-state index contributed by atoms with van der Waals surface area (Å²) >= 11 is 0. The van der Waals surface area contributed by atoms with Crippen LogP contribution in [0.1, 0.15) is 0 Å². The van der Waals surface area contributed by atoms with Crippen LogP contribution in [0.25, 0.3) is 0 Å². The van der Waals surface area contributed by atoms with Crippen molar-refractivity contribution in [3.63, 3.8) is 0 Å². The largest absolute Gasteiger partial charge is 0.470 e. The van der Waals surface area contributed by atoms with Crippen LogP contribution in [-0.4, -0.2) is 24.2 Å². The molecule has 1 aliphatic rings. The van der Waals surface area contributed by atoms with Crippen LogP contribution in [0.2, 0.25) is 0 Å². The lowest BCUT2D eigenvalue weighted by Crippen LogP contribution is -2.50. The van der Waals surface area contributed by atoms with Gasteiger partial charge in [0.25, 0.3) is 5.88 Å². The number of hydrogen-bond donors (Lipinski definition) is 1. The molecule has 0 bridgehead atoms. The van der Waals surface area contributed by atoms with E-state index in [0.29, 0.717) is 13.1 Å². The molecule has 0 aliphatic carbocycles. The van der Waals surface area contributed by atoms with E-state index in [1.54, 1.807) is 0 Å². The third-order valence-electron chi connectivity index (χ3n) is 1.80. The minimum Gasteiger partial charge on any atom is -0.470 e. The zero-order valence-corrected chi connectivity index (χ0v) is 6.76. The van der Waals surface area contributed by atoms with Gasteiger partial charge in [0.05, 0.1) is 6.20 Å². The molecule has 13 heavy (non-hydrogen) atoms. The summed E-state index contributed by atoms with van der Waals surface area (Å²) in [6.07, 6.45) is 0.886. The van der Waals surface area contributed by atoms with Crippen LogP contribution < -0.4 is 10.1 Å². The minimum absolute atomic E-state index is 0.0486. The Labute approximate surface area is 73.7 Å². The predicted molar refractivity (Wildman–Crippen MR) is 41.4 cm³/mol. The highest BCUT2D eigenvalue weighted by atomic mass is 19.1. The summed E-state index contributed by atoms with van der Waals surface area (Å²) in [4.78, 5) is 3.50. The van der Waals surface area contributed by atoms with Crippen molar-refractivity contribution in [1.29, 1.82) is 0 Å². The van der Waals surface area contributed by atoms with E-state index in [4.69, 9.17) is 4.74 Å². The highest BCUT2D eigenvalue weighted by Crippen LogP contribution is 2.16. The van der Waals surface area contributed by atoms with Crippen LogP contribution in [0.4, 0.5) is 8.78 Å². The first kappa shape index (κ1) is 8.37. The quantitative estimate of drug-likeness (QED) is 0.738. The average Bonchev–Trinajstić information content (AvgIpc) is 1.99. The lowest BCUT2D eigenvalue weighted by atomic mass is 10.2. The van der Waals surface area contributed by atoms with E-state index >= 15 is 0 Å². The summed E-state index contributed by atoms with van der Waals surface area (Å²) in [5.41, 5.74) is 0. The molecule has 2 heterocycles. The third kappa shape index (κ3) is 1.75. The number of ether oxygens (including phenoxy) is 1. The van der Waals surface area contributed by atoms with E-state index in [1.807, 2.05) is 0 Å². The zero-order valence-electron chi connectivity index (χ0n) is 6.76. The van der Waals surface area contributed by atoms with Gasteiger partial charge in [-0.2, -0.15) is 0 Å². The van der Waals surface area contributed by atoms with Crippen molar-refractivity contribution >= 4 is 0 Å². The van der Waals surface area contributed by atoms with E-state index in [0.717, 1.165) is 12.3 Å². The Morgan fingerprint density at radius 1 is 1.46 bits per heavy atom. The maximum Gasteiger partial charge on any atom is 0.250 e. The summed E-state index contributed by atoms with van der Waals surface area (Å²) in [5, 5.41) is 2.96. The molecular formula is C8H8F2N2O. The molecule has 1 fully saturated rings. The van der Waals surface area contributed by atoms with Crippen molar-refractivity contribution in [2.24, 2.45) is 0 Å². The maximum atomic E-state index is 12.9. The molecule has 0 aromatic carbocycles. The molecule has 70 valence electrons. The number of pyridine rings is 1. The van der Waals surface area contributed by atoms with E-state index in [9.17, 15) is 8.78 Å². The van der Waals surface area contributed by atoms with Gasteiger partial charge in [-0.15, -0.1) is 0 Å². The second-order valence-electron chi connectivity index (χ2n) is 2.84. The Balaban J connectivity index is 2.10. The molecule has 0 radical (unpaired) electrons. The Bertz CT molecular complexity index is 315. The lowest BCUT2D eigenvalue weighted by molar-refractivity contribution is 0.129. The van der Waals surface area contributed by atoms with Crippen LogP contribution in [0, 0.1) is 11.6 Å². The second-order valence-corrected chi connectivity index (χ2v) is 2.84. The summed E-state index contributed by atoms with van der Waals surface area (Å²) in [6.45, 7) is 1.36. The molecule has 0 unspecified atom stereocenters. The van der Waals surface area contributed by atoms with Crippen LogP contribution in [0.3, 0.4) is 0 Å². The fourth-order valence-corrected chi connectivity index (χ4v) is 0.992. The first-order chi connectivity index (χ1) is 6.25. The molecule has 0 atom stereocenters. The number of rotatable bonds is 2. The first-order valence-corrected chi connectivity index (χ1v) is 3.94. The summed E-state index contributed by atoms with van der Waals surface area (Å²) < 4.78 is 30.5. The van der Waals surface area contributed by atoms with Crippen molar-refractivity contribution in [2.75, 3.05) is 13.1 Å². The third-order valence-corrected chi connectivity index (χ3v) is 1.80. The molecule has 3 nitrogen and oxygen atoms in total. The molecule has 2 rings (SSSR count). The SMILES string of the molecule is Fc1cnc(OC2CNC2)c(F)c1. The lowest BCUT2D eigenvalue weighted by Gasteiger charge is -2.27. The van der Waals surface area contributed by atoms with Crippen molar-refractivity contribution in [1.82, 2.24) is 10.3 Å². The van der Waals surface area contributed by atoms with Gasteiger partial charge in [0.15, 0.2) is 5.82 Å². The molecule has 5 heteroatoms. The average molecular weight is 186 g/mol. The molecule has 1 aliphatic heterocycles. The van der Waals surface area contributed by atoms with Gasteiger partial charge in [-0.25, -0.2) is 13.8 Å². The standard InChI is InChI=1S/C8H8F2N2O/c9-5-1-7(10)8(12-2-5)13-6-3-11-4-6/h1-2,6,11H,3-4H2. The van der Waals surface area contributed by atoms with Crippen LogP contribution in [0.5, 0.6) is 5.88 Å². The molecule has 0 saturated carbocycles. The first-order valence-electron chi connectivity index (χ1n) is 3.94. The van der Waals surface area contributed by atoms with E-state index in [1.165, 1.54) is 0 Å². The van der Waals surface area contributed by atoms with Gasteiger partial charge < -0.3 is 10.1 Å². The molecular weight excluding hydrogens is 178 g/mol. The molecule has 1 aromatic rings. The minimum atomic E-state index is -0.758. The van der Waals surface area contributed by atoms with E-state index in [2.05, 4.69) is 10.3 Å². The number of aromatic nitrogens is 1. The number of hydrogen-bond acceptors (Lipinski definition) is 3. The van der Waals surface area contributed by atoms with Gasteiger partial charge in [0.2, 0.25) is 0 Å². The Morgan fingerprint density at radius 3 is 2.77 bits per heavy atom. The Kier molecular flexibility index (Phi) is 2.10. The van der Waals surface area contributed by atoms with Crippen LogP contribution in [0.15, 0.2) is 12.3 Å². The second kappa shape index (κ2) is 3.26.